The van der Waals surface area contributed by atoms with Gasteiger partial charge in [-0.1, -0.05) is 31.1 Å². The Morgan fingerprint density at radius 2 is 2.00 bits per heavy atom. The molecule has 0 saturated heterocycles. The summed E-state index contributed by atoms with van der Waals surface area (Å²) < 4.78 is 0. The molecule has 0 fully saturated rings. The van der Waals surface area contributed by atoms with E-state index in [0.29, 0.717) is 0 Å². The summed E-state index contributed by atoms with van der Waals surface area (Å²) in [5, 5.41) is 3.33. The molecule has 1 nitrogen and oxygen atoms in total. The third-order valence-electron chi connectivity index (χ3n) is 2.54. The van der Waals surface area contributed by atoms with Gasteiger partial charge in [0.2, 0.25) is 0 Å². The zero-order chi connectivity index (χ0) is 11.4. The van der Waals surface area contributed by atoms with Gasteiger partial charge in [0.15, 0.2) is 0 Å². The van der Waals surface area contributed by atoms with E-state index in [1.807, 2.05) is 6.08 Å². The lowest BCUT2D eigenvalue weighted by atomic mass is 10.1. The summed E-state index contributed by atoms with van der Waals surface area (Å²) in [7, 11) is 0. The van der Waals surface area contributed by atoms with Crippen LogP contribution < -0.4 is 5.32 Å². The van der Waals surface area contributed by atoms with Crippen LogP contribution in [0.5, 0.6) is 0 Å². The number of nitrogens with one attached hydrogen (secondary N) is 1. The number of rotatable bonds is 10. The van der Waals surface area contributed by atoms with Gasteiger partial charge in [0.05, 0.1) is 0 Å². The predicted molar refractivity (Wildman–Crippen MR) is 70.2 cm³/mol. The first kappa shape index (κ1) is 14.4. The number of unbranched alkanes of at least 4 members (excludes halogenated alkanes) is 3. The van der Waals surface area contributed by atoms with Crippen molar-refractivity contribution in [2.75, 3.05) is 13.1 Å². The molecule has 0 heterocycles. The van der Waals surface area contributed by atoms with E-state index >= 15 is 0 Å². The van der Waals surface area contributed by atoms with Gasteiger partial charge in [-0.25, -0.2) is 0 Å². The molecular formula is C14H27N. The van der Waals surface area contributed by atoms with E-state index in [1.54, 1.807) is 5.57 Å². The van der Waals surface area contributed by atoms with Crippen LogP contribution in [0.25, 0.3) is 0 Å². The van der Waals surface area contributed by atoms with Crippen LogP contribution in [0, 0.1) is 0 Å². The molecule has 0 aliphatic heterocycles. The standard InChI is InChI=1S/C14H27N/c1-4-6-7-8-9-11-14(3)12-10-13-15-5-2/h4,12,15H,1,5-11,13H2,2-3H3/b14-12-. The SMILES string of the molecule is C=CCCCCC/C(C)=C\CCNCC. The van der Waals surface area contributed by atoms with Gasteiger partial charge in [0.25, 0.3) is 0 Å². The van der Waals surface area contributed by atoms with Crippen LogP contribution in [0.3, 0.4) is 0 Å². The van der Waals surface area contributed by atoms with Gasteiger partial charge in [-0.05, 0) is 52.1 Å². The Labute approximate surface area is 95.7 Å². The molecule has 88 valence electrons. The van der Waals surface area contributed by atoms with Gasteiger partial charge in [0, 0.05) is 0 Å². The fraction of sp³-hybridized carbons (Fsp3) is 0.714. The monoisotopic (exact) mass is 209 g/mol. The zero-order valence-electron chi connectivity index (χ0n) is 10.5. The Bertz CT molecular complexity index is 170. The minimum Gasteiger partial charge on any atom is -0.317 e. The van der Waals surface area contributed by atoms with Gasteiger partial charge in [-0.3, -0.25) is 0 Å². The summed E-state index contributed by atoms with van der Waals surface area (Å²) in [5.74, 6) is 0. The molecule has 15 heavy (non-hydrogen) atoms. The van der Waals surface area contributed by atoms with Crippen LogP contribution in [0.2, 0.25) is 0 Å². The van der Waals surface area contributed by atoms with Crippen LogP contribution in [-0.4, -0.2) is 13.1 Å². The Hall–Kier alpha value is -0.560. The van der Waals surface area contributed by atoms with E-state index in [9.17, 15) is 0 Å². The highest BCUT2D eigenvalue weighted by atomic mass is 14.8. The van der Waals surface area contributed by atoms with Crippen molar-refractivity contribution in [3.05, 3.63) is 24.3 Å². The maximum absolute atomic E-state index is 3.73. The van der Waals surface area contributed by atoms with Crippen molar-refractivity contribution in [3.63, 3.8) is 0 Å². The molecule has 0 aliphatic rings. The molecule has 1 N–H and O–H groups in total. The molecule has 0 saturated carbocycles. The second-order valence-corrected chi connectivity index (χ2v) is 4.08. The number of hydrogen-bond donors (Lipinski definition) is 1. The van der Waals surface area contributed by atoms with Gasteiger partial charge in [-0.15, -0.1) is 6.58 Å². The second kappa shape index (κ2) is 11.5. The van der Waals surface area contributed by atoms with E-state index in [4.69, 9.17) is 0 Å². The highest BCUT2D eigenvalue weighted by Gasteiger charge is 1.91. The Balaban J connectivity index is 3.30. The van der Waals surface area contributed by atoms with Gasteiger partial charge >= 0.3 is 0 Å². The lowest BCUT2D eigenvalue weighted by Gasteiger charge is -2.02. The van der Waals surface area contributed by atoms with E-state index < -0.39 is 0 Å². The van der Waals surface area contributed by atoms with Gasteiger partial charge < -0.3 is 5.32 Å². The molecule has 0 aromatic heterocycles. The Kier molecular flexibility index (Phi) is 11.1. The van der Waals surface area contributed by atoms with Crippen molar-refractivity contribution >= 4 is 0 Å². The summed E-state index contributed by atoms with van der Waals surface area (Å²) >= 11 is 0. The summed E-state index contributed by atoms with van der Waals surface area (Å²) in [5.41, 5.74) is 1.55. The largest absolute Gasteiger partial charge is 0.317 e. The predicted octanol–water partition coefficient (Wildman–Crippen LogP) is 4.07. The van der Waals surface area contributed by atoms with E-state index in [2.05, 4.69) is 31.8 Å². The molecule has 0 rings (SSSR count). The van der Waals surface area contributed by atoms with E-state index in [-0.39, 0.29) is 0 Å². The molecule has 1 heteroatoms. The molecule has 0 aliphatic carbocycles. The topological polar surface area (TPSA) is 12.0 Å². The van der Waals surface area contributed by atoms with E-state index in [0.717, 1.165) is 13.1 Å². The summed E-state index contributed by atoms with van der Waals surface area (Å²) in [6.45, 7) is 10.3. The molecule has 0 spiro atoms. The first-order valence-electron chi connectivity index (χ1n) is 6.28. The highest BCUT2D eigenvalue weighted by Crippen LogP contribution is 2.10. The molecule has 0 atom stereocenters. The molecule has 0 aromatic rings. The van der Waals surface area contributed by atoms with Gasteiger partial charge in [-0.2, -0.15) is 0 Å². The molecular weight excluding hydrogens is 182 g/mol. The lowest BCUT2D eigenvalue weighted by molar-refractivity contribution is 0.679. The summed E-state index contributed by atoms with van der Waals surface area (Å²) in [4.78, 5) is 0. The molecule has 0 amide bonds. The van der Waals surface area contributed by atoms with Crippen LogP contribution in [0.4, 0.5) is 0 Å². The minimum absolute atomic E-state index is 1.08. The maximum Gasteiger partial charge on any atom is -0.00143 e. The second-order valence-electron chi connectivity index (χ2n) is 4.08. The molecule has 0 radical (unpaired) electrons. The summed E-state index contributed by atoms with van der Waals surface area (Å²) in [6.07, 6.45) is 12.0. The normalized spacial score (nSPS) is 11.7. The Morgan fingerprint density at radius 1 is 1.20 bits per heavy atom. The van der Waals surface area contributed by atoms with Gasteiger partial charge in [0.1, 0.15) is 0 Å². The lowest BCUT2D eigenvalue weighted by Crippen LogP contribution is -2.13. The average molecular weight is 209 g/mol. The average Bonchev–Trinajstić information content (AvgIpc) is 2.24. The number of hydrogen-bond acceptors (Lipinski definition) is 1. The fourth-order valence-electron chi connectivity index (χ4n) is 1.57. The third kappa shape index (κ3) is 11.4. The molecule has 0 unspecified atom stereocenters. The van der Waals surface area contributed by atoms with Crippen molar-refractivity contribution < 1.29 is 0 Å². The fourth-order valence-corrected chi connectivity index (χ4v) is 1.57. The maximum atomic E-state index is 3.73. The van der Waals surface area contributed by atoms with Crippen molar-refractivity contribution in [1.29, 1.82) is 0 Å². The zero-order valence-corrected chi connectivity index (χ0v) is 10.5. The minimum atomic E-state index is 1.08. The Morgan fingerprint density at radius 3 is 2.67 bits per heavy atom. The van der Waals surface area contributed by atoms with Crippen LogP contribution >= 0.6 is 0 Å². The molecule has 0 aromatic carbocycles. The van der Waals surface area contributed by atoms with Crippen LogP contribution in [0.1, 0.15) is 52.4 Å². The first-order valence-corrected chi connectivity index (χ1v) is 6.28. The molecule has 0 bridgehead atoms. The highest BCUT2D eigenvalue weighted by molar-refractivity contribution is 4.97. The van der Waals surface area contributed by atoms with Crippen molar-refractivity contribution in [3.8, 4) is 0 Å². The number of allylic oxidation sites excluding steroid dienone is 2. The first-order chi connectivity index (χ1) is 7.31. The van der Waals surface area contributed by atoms with Crippen LogP contribution in [-0.2, 0) is 0 Å². The van der Waals surface area contributed by atoms with E-state index in [1.165, 1.54) is 38.5 Å². The van der Waals surface area contributed by atoms with Crippen molar-refractivity contribution in [2.45, 2.75) is 52.4 Å². The smallest absolute Gasteiger partial charge is 0.00143 e. The van der Waals surface area contributed by atoms with Crippen molar-refractivity contribution in [1.82, 2.24) is 5.32 Å². The quantitative estimate of drug-likeness (QED) is 0.422. The van der Waals surface area contributed by atoms with Crippen LogP contribution in [0.15, 0.2) is 24.3 Å². The summed E-state index contributed by atoms with van der Waals surface area (Å²) in [6, 6.07) is 0. The third-order valence-corrected chi connectivity index (χ3v) is 2.54. The van der Waals surface area contributed by atoms with Crippen molar-refractivity contribution in [2.24, 2.45) is 0 Å².